The summed E-state index contributed by atoms with van der Waals surface area (Å²) in [5.74, 6) is -2.90. The number of amides is 2. The van der Waals surface area contributed by atoms with Crippen LogP contribution in [0.25, 0.3) is 0 Å². The monoisotopic (exact) mass is 382 g/mol. The molecule has 3 rings (SSSR count). The zero-order valence-electron chi connectivity index (χ0n) is 15.1. The fraction of sp³-hybridized carbons (Fsp3) is 0.722. The summed E-state index contributed by atoms with van der Waals surface area (Å²) in [4.78, 5) is 41.5. The number of rotatable bonds is 7. The minimum atomic E-state index is -0.966. The summed E-state index contributed by atoms with van der Waals surface area (Å²) in [5, 5.41) is 19.0. The molecule has 3 fully saturated rings. The Hall–Kier alpha value is -1.54. The van der Waals surface area contributed by atoms with Gasteiger partial charge in [-0.2, -0.15) is 0 Å². The number of carbonyl (C=O) groups excluding carboxylic acids is 2. The van der Waals surface area contributed by atoms with Gasteiger partial charge in [0, 0.05) is 24.4 Å². The lowest BCUT2D eigenvalue weighted by Crippen LogP contribution is -2.56. The summed E-state index contributed by atoms with van der Waals surface area (Å²) < 4.78 is -0.703. The van der Waals surface area contributed by atoms with E-state index in [0.717, 1.165) is 0 Å². The topological polar surface area (TPSA) is 98.2 Å². The number of likely N-dealkylation sites (tertiary alicyclic amines) is 1. The Kier molecular flexibility index (Phi) is 5.09. The minimum Gasteiger partial charge on any atom is -0.481 e. The summed E-state index contributed by atoms with van der Waals surface area (Å²) in [6, 6.07) is -0.797. The second kappa shape index (κ2) is 6.88. The summed E-state index contributed by atoms with van der Waals surface area (Å²) in [5.41, 5.74) is 0. The lowest BCUT2D eigenvalue weighted by atomic mass is 9.71. The Morgan fingerprint density at radius 3 is 2.73 bits per heavy atom. The number of aliphatic hydroxyl groups excluding tert-OH is 1. The molecule has 3 aliphatic heterocycles. The molecule has 2 N–H and O–H groups in total. The van der Waals surface area contributed by atoms with Gasteiger partial charge in [-0.3, -0.25) is 14.4 Å². The molecule has 0 aromatic rings. The van der Waals surface area contributed by atoms with Crippen LogP contribution in [0.5, 0.6) is 0 Å². The normalized spacial score (nSPS) is 35.1. The molecule has 2 bridgehead atoms. The molecule has 0 saturated carbocycles. The third kappa shape index (κ3) is 2.57. The average molecular weight is 382 g/mol. The molecular weight excluding hydrogens is 356 g/mol. The number of carboxylic acid groups (broad SMARTS) is 1. The van der Waals surface area contributed by atoms with Crippen molar-refractivity contribution >= 4 is 29.5 Å². The average Bonchev–Trinajstić information content (AvgIpc) is 3.20. The summed E-state index contributed by atoms with van der Waals surface area (Å²) in [7, 11) is 0. The number of fused-ring (bicyclic) bond motifs is 1. The van der Waals surface area contributed by atoms with E-state index in [1.54, 1.807) is 11.0 Å². The molecule has 3 aliphatic rings. The van der Waals surface area contributed by atoms with Gasteiger partial charge in [0.2, 0.25) is 11.8 Å². The number of carbonyl (C=O) groups is 3. The van der Waals surface area contributed by atoms with Crippen LogP contribution in [0, 0.1) is 11.8 Å². The third-order valence-electron chi connectivity index (χ3n) is 5.89. The van der Waals surface area contributed by atoms with Gasteiger partial charge >= 0.3 is 5.97 Å². The van der Waals surface area contributed by atoms with E-state index in [4.69, 9.17) is 0 Å². The molecule has 3 heterocycles. The van der Waals surface area contributed by atoms with Crippen molar-refractivity contribution in [3.8, 4) is 0 Å². The van der Waals surface area contributed by atoms with Crippen molar-refractivity contribution in [2.75, 3.05) is 19.7 Å². The van der Waals surface area contributed by atoms with E-state index in [9.17, 15) is 24.6 Å². The number of hydrogen-bond donors (Lipinski definition) is 2. The van der Waals surface area contributed by atoms with Crippen LogP contribution in [-0.2, 0) is 14.4 Å². The molecular formula is C18H26N2O5S. The number of β-amino-alcohol motifs (C(OH)–C–C–N with tert-alkyl or cyclic N) is 1. The van der Waals surface area contributed by atoms with Crippen molar-refractivity contribution in [2.45, 2.75) is 48.8 Å². The highest BCUT2D eigenvalue weighted by molar-refractivity contribution is 8.02. The summed E-state index contributed by atoms with van der Waals surface area (Å²) >= 11 is 1.50. The number of hydrogen-bond acceptors (Lipinski definition) is 5. The molecule has 144 valence electrons. The van der Waals surface area contributed by atoms with E-state index in [0.29, 0.717) is 19.4 Å². The van der Waals surface area contributed by atoms with Crippen molar-refractivity contribution in [3.05, 3.63) is 12.7 Å². The van der Waals surface area contributed by atoms with Gasteiger partial charge in [0.25, 0.3) is 0 Å². The first-order valence-corrected chi connectivity index (χ1v) is 9.91. The third-order valence-corrected chi connectivity index (χ3v) is 7.84. The number of aliphatic hydroxyl groups is 1. The molecule has 5 atom stereocenters. The van der Waals surface area contributed by atoms with Crippen LogP contribution in [0.3, 0.4) is 0 Å². The standard InChI is InChI=1S/C18H26N2O5S/c1-4-7-19(10(2)3)16(23)14-18-6-5-11(26-18)12(17(24)25)13(18)15(22)20(14)8-9-21/h4,10-14,21H,1,5-9H2,2-3H3,(H,24,25)/t11-,12+,13+,14?,18?/m1/s1. The SMILES string of the molecule is C=CCN(C(=O)C1N(CCO)C(=O)[C@@H]2[C@@H](C(=O)O)[C@H]3CCC12S3)C(C)C. The molecule has 0 aromatic heterocycles. The van der Waals surface area contributed by atoms with Crippen LogP contribution in [0.15, 0.2) is 12.7 Å². The largest absolute Gasteiger partial charge is 0.481 e. The maximum atomic E-state index is 13.5. The molecule has 8 heteroatoms. The first kappa shape index (κ1) is 19.2. The van der Waals surface area contributed by atoms with Gasteiger partial charge in [-0.25, -0.2) is 0 Å². The first-order chi connectivity index (χ1) is 12.3. The second-order valence-electron chi connectivity index (χ2n) is 7.52. The first-order valence-electron chi connectivity index (χ1n) is 9.03. The van der Waals surface area contributed by atoms with Crippen molar-refractivity contribution in [1.29, 1.82) is 0 Å². The zero-order chi connectivity index (χ0) is 19.2. The number of thioether (sulfide) groups is 1. The second-order valence-corrected chi connectivity index (χ2v) is 9.12. The molecule has 2 unspecified atom stereocenters. The van der Waals surface area contributed by atoms with E-state index in [1.807, 2.05) is 13.8 Å². The Labute approximate surface area is 157 Å². The van der Waals surface area contributed by atoms with Crippen molar-refractivity contribution in [2.24, 2.45) is 11.8 Å². The predicted molar refractivity (Wildman–Crippen MR) is 97.6 cm³/mol. The fourth-order valence-electron chi connectivity index (χ4n) is 4.91. The van der Waals surface area contributed by atoms with Crippen LogP contribution in [0.2, 0.25) is 0 Å². The van der Waals surface area contributed by atoms with Gasteiger partial charge in [0.1, 0.15) is 6.04 Å². The number of carboxylic acids is 1. The molecule has 1 spiro atoms. The van der Waals surface area contributed by atoms with Crippen LogP contribution in [0.1, 0.15) is 26.7 Å². The molecule has 3 saturated heterocycles. The molecule has 0 aromatic carbocycles. The fourth-order valence-corrected chi connectivity index (χ4v) is 7.12. The highest BCUT2D eigenvalue weighted by Crippen LogP contribution is 2.66. The van der Waals surface area contributed by atoms with Crippen molar-refractivity contribution in [1.82, 2.24) is 9.80 Å². The van der Waals surface area contributed by atoms with Crippen LogP contribution in [0.4, 0.5) is 0 Å². The Morgan fingerprint density at radius 2 is 2.19 bits per heavy atom. The van der Waals surface area contributed by atoms with Crippen LogP contribution >= 0.6 is 11.8 Å². The Morgan fingerprint density at radius 1 is 1.50 bits per heavy atom. The molecule has 7 nitrogen and oxygen atoms in total. The zero-order valence-corrected chi connectivity index (χ0v) is 15.9. The van der Waals surface area contributed by atoms with Crippen molar-refractivity contribution < 1.29 is 24.6 Å². The van der Waals surface area contributed by atoms with Crippen molar-refractivity contribution in [3.63, 3.8) is 0 Å². The Bertz CT molecular complexity index is 639. The van der Waals surface area contributed by atoms with E-state index >= 15 is 0 Å². The maximum absolute atomic E-state index is 13.5. The summed E-state index contributed by atoms with van der Waals surface area (Å²) in [6.45, 7) is 7.68. The Balaban J connectivity index is 2.04. The van der Waals surface area contributed by atoms with E-state index < -0.39 is 28.6 Å². The van der Waals surface area contributed by atoms with Crippen LogP contribution < -0.4 is 0 Å². The van der Waals surface area contributed by atoms with E-state index in [1.165, 1.54) is 16.7 Å². The molecule has 26 heavy (non-hydrogen) atoms. The number of nitrogens with zero attached hydrogens (tertiary/aromatic N) is 2. The van der Waals surface area contributed by atoms with Gasteiger partial charge in [-0.1, -0.05) is 6.08 Å². The van der Waals surface area contributed by atoms with Gasteiger partial charge in [0.15, 0.2) is 0 Å². The van der Waals surface area contributed by atoms with Gasteiger partial charge < -0.3 is 20.0 Å². The lowest BCUT2D eigenvalue weighted by molar-refractivity contribution is -0.148. The van der Waals surface area contributed by atoms with Gasteiger partial charge in [-0.05, 0) is 26.7 Å². The van der Waals surface area contributed by atoms with Gasteiger partial charge in [0.05, 0.1) is 23.2 Å². The molecule has 2 amide bonds. The maximum Gasteiger partial charge on any atom is 0.308 e. The summed E-state index contributed by atoms with van der Waals surface area (Å²) in [6.07, 6.45) is 3.01. The highest BCUT2D eigenvalue weighted by Gasteiger charge is 2.73. The number of aliphatic carboxylic acids is 1. The lowest BCUT2D eigenvalue weighted by Gasteiger charge is -2.38. The minimum absolute atomic E-state index is 0.0467. The van der Waals surface area contributed by atoms with E-state index in [-0.39, 0.29) is 36.3 Å². The molecule has 0 radical (unpaired) electrons. The van der Waals surface area contributed by atoms with Crippen LogP contribution in [-0.4, -0.2) is 79.6 Å². The quantitative estimate of drug-likeness (QED) is 0.625. The highest BCUT2D eigenvalue weighted by atomic mass is 32.2. The molecule has 0 aliphatic carbocycles. The predicted octanol–water partition coefficient (Wildman–Crippen LogP) is 0.577. The smallest absolute Gasteiger partial charge is 0.308 e. The van der Waals surface area contributed by atoms with E-state index in [2.05, 4.69) is 6.58 Å². The van der Waals surface area contributed by atoms with Gasteiger partial charge in [-0.15, -0.1) is 18.3 Å².